The van der Waals surface area contributed by atoms with Crippen molar-refractivity contribution in [3.8, 4) is 5.69 Å². The number of thioether (sulfide) groups is 1. The Balaban J connectivity index is 1.93. The van der Waals surface area contributed by atoms with Crippen LogP contribution < -0.4 is 0 Å². The van der Waals surface area contributed by atoms with Crippen LogP contribution in [0.5, 0.6) is 0 Å². The summed E-state index contributed by atoms with van der Waals surface area (Å²) in [4.78, 5) is 11.6. The van der Waals surface area contributed by atoms with E-state index in [1.54, 1.807) is 19.1 Å². The predicted molar refractivity (Wildman–Crippen MR) is 92.8 cm³/mol. The first kappa shape index (κ1) is 16.1. The van der Waals surface area contributed by atoms with Gasteiger partial charge in [0.25, 0.3) is 5.91 Å². The largest absolute Gasteiger partial charge is 0.272 e. The highest BCUT2D eigenvalue weighted by Gasteiger charge is 2.26. The summed E-state index contributed by atoms with van der Waals surface area (Å²) in [5.74, 6) is -0.220. The van der Waals surface area contributed by atoms with Crippen LogP contribution in [0.1, 0.15) is 11.3 Å². The first-order valence-electron chi connectivity index (χ1n) is 6.52. The third-order valence-corrected chi connectivity index (χ3v) is 4.85. The van der Waals surface area contributed by atoms with Gasteiger partial charge < -0.3 is 0 Å². The minimum atomic E-state index is -0.339. The molecule has 2 aromatic rings. The maximum Gasteiger partial charge on any atom is 0.259 e. The molecule has 0 N–H and O–H groups in total. The zero-order valence-electron chi connectivity index (χ0n) is 11.9. The molecule has 0 aliphatic carbocycles. The molecule has 0 spiro atoms. The van der Waals surface area contributed by atoms with E-state index in [0.717, 1.165) is 0 Å². The van der Waals surface area contributed by atoms with E-state index >= 15 is 0 Å². The Morgan fingerprint density at radius 3 is 2.74 bits per heavy atom. The second-order valence-corrected chi connectivity index (χ2v) is 6.65. The lowest BCUT2D eigenvalue weighted by atomic mass is 10.3. The van der Waals surface area contributed by atoms with Crippen LogP contribution in [-0.2, 0) is 4.79 Å². The van der Waals surface area contributed by atoms with Crippen molar-refractivity contribution in [2.45, 2.75) is 6.92 Å². The molecule has 1 aliphatic rings. The van der Waals surface area contributed by atoms with Gasteiger partial charge in [-0.05, 0) is 31.2 Å². The standard InChI is InChI=1S/C14H10ClFN4OS2/c1-8-11(6-17-20-12(21)7-23-14(20)22)13(15)19(18-8)10-4-2-9(16)3-5-10/h2-6H,7H2,1H3. The van der Waals surface area contributed by atoms with Gasteiger partial charge in [-0.15, -0.1) is 0 Å². The van der Waals surface area contributed by atoms with E-state index < -0.39 is 0 Å². The highest BCUT2D eigenvalue weighted by Crippen LogP contribution is 2.24. The molecule has 1 aromatic heterocycles. The Morgan fingerprint density at radius 2 is 2.13 bits per heavy atom. The van der Waals surface area contributed by atoms with Gasteiger partial charge in [0.05, 0.1) is 28.9 Å². The van der Waals surface area contributed by atoms with Crippen molar-refractivity contribution in [2.24, 2.45) is 5.10 Å². The monoisotopic (exact) mass is 368 g/mol. The summed E-state index contributed by atoms with van der Waals surface area (Å²) in [6.45, 7) is 1.77. The number of hydrazone groups is 1. The molecule has 0 bridgehead atoms. The molecule has 1 saturated heterocycles. The minimum Gasteiger partial charge on any atom is -0.272 e. The van der Waals surface area contributed by atoms with E-state index in [9.17, 15) is 9.18 Å². The van der Waals surface area contributed by atoms with E-state index in [4.69, 9.17) is 23.8 Å². The number of thiocarbonyl (C=S) groups is 1. The predicted octanol–water partition coefficient (Wildman–Crippen LogP) is 3.17. The van der Waals surface area contributed by atoms with Crippen LogP contribution in [-0.4, -0.2) is 37.0 Å². The van der Waals surface area contributed by atoms with Crippen LogP contribution in [0.2, 0.25) is 5.15 Å². The number of rotatable bonds is 3. The average Bonchev–Trinajstić information content (AvgIpc) is 2.99. The molecule has 3 rings (SSSR count). The fourth-order valence-corrected chi connectivity index (χ4v) is 3.27. The Bertz CT molecular complexity index is 803. The second kappa shape index (κ2) is 6.38. The quantitative estimate of drug-likeness (QED) is 0.616. The lowest BCUT2D eigenvalue weighted by molar-refractivity contribution is -0.123. The molecule has 0 radical (unpaired) electrons. The van der Waals surface area contributed by atoms with Crippen LogP contribution in [0, 0.1) is 12.7 Å². The van der Waals surface area contributed by atoms with Gasteiger partial charge in [0.1, 0.15) is 11.0 Å². The summed E-state index contributed by atoms with van der Waals surface area (Å²) in [6, 6.07) is 5.80. The molecule has 1 fully saturated rings. The number of halogens is 2. The van der Waals surface area contributed by atoms with Gasteiger partial charge in [-0.2, -0.15) is 15.2 Å². The first-order valence-corrected chi connectivity index (χ1v) is 8.29. The second-order valence-electron chi connectivity index (χ2n) is 4.68. The molecule has 0 atom stereocenters. The average molecular weight is 369 g/mol. The number of aromatic nitrogens is 2. The lowest BCUT2D eigenvalue weighted by Gasteiger charge is -2.06. The number of amides is 1. The molecule has 23 heavy (non-hydrogen) atoms. The van der Waals surface area contributed by atoms with Crippen LogP contribution in [0.4, 0.5) is 4.39 Å². The number of hydrogen-bond acceptors (Lipinski definition) is 5. The SMILES string of the molecule is Cc1nn(-c2ccc(F)cc2)c(Cl)c1C=NN1C(=O)CSC1=S. The van der Waals surface area contributed by atoms with E-state index in [0.29, 0.717) is 26.4 Å². The summed E-state index contributed by atoms with van der Waals surface area (Å²) in [5.41, 5.74) is 1.83. The lowest BCUT2D eigenvalue weighted by Crippen LogP contribution is -2.22. The van der Waals surface area contributed by atoms with E-state index in [2.05, 4.69) is 10.2 Å². The molecule has 5 nitrogen and oxygen atoms in total. The van der Waals surface area contributed by atoms with Gasteiger partial charge in [0, 0.05) is 0 Å². The van der Waals surface area contributed by atoms with Crippen LogP contribution in [0.25, 0.3) is 5.69 Å². The van der Waals surface area contributed by atoms with Crippen molar-refractivity contribution in [2.75, 3.05) is 5.75 Å². The molecule has 1 aromatic carbocycles. The van der Waals surface area contributed by atoms with Gasteiger partial charge in [-0.25, -0.2) is 9.07 Å². The van der Waals surface area contributed by atoms with Crippen LogP contribution in [0.3, 0.4) is 0 Å². The molecular weight excluding hydrogens is 359 g/mol. The highest BCUT2D eigenvalue weighted by atomic mass is 35.5. The van der Waals surface area contributed by atoms with Crippen molar-refractivity contribution >= 4 is 52.0 Å². The zero-order chi connectivity index (χ0) is 16.6. The van der Waals surface area contributed by atoms with Crippen molar-refractivity contribution in [1.29, 1.82) is 0 Å². The fraction of sp³-hybridized carbons (Fsp3) is 0.143. The Labute approximate surface area is 146 Å². The number of nitrogens with zero attached hydrogens (tertiary/aromatic N) is 4. The van der Waals surface area contributed by atoms with Gasteiger partial charge in [0.15, 0.2) is 4.32 Å². The number of carbonyl (C=O) groups excluding carboxylic acids is 1. The molecule has 9 heteroatoms. The van der Waals surface area contributed by atoms with E-state index in [-0.39, 0.29) is 17.5 Å². The highest BCUT2D eigenvalue weighted by molar-refractivity contribution is 8.23. The topological polar surface area (TPSA) is 50.5 Å². The summed E-state index contributed by atoms with van der Waals surface area (Å²) in [5, 5.41) is 9.91. The number of hydrogen-bond donors (Lipinski definition) is 0. The molecular formula is C14H10ClFN4OS2. The summed E-state index contributed by atoms with van der Waals surface area (Å²) in [6.07, 6.45) is 1.46. The van der Waals surface area contributed by atoms with Gasteiger partial charge >= 0.3 is 0 Å². The molecule has 118 valence electrons. The van der Waals surface area contributed by atoms with Crippen molar-refractivity contribution in [3.63, 3.8) is 0 Å². The van der Waals surface area contributed by atoms with Crippen molar-refractivity contribution in [1.82, 2.24) is 14.8 Å². The maximum atomic E-state index is 13.0. The van der Waals surface area contributed by atoms with Gasteiger partial charge in [0.2, 0.25) is 0 Å². The summed E-state index contributed by atoms with van der Waals surface area (Å²) < 4.78 is 14.9. The van der Waals surface area contributed by atoms with E-state index in [1.807, 2.05) is 0 Å². The molecule has 0 unspecified atom stereocenters. The number of aryl methyl sites for hydroxylation is 1. The minimum absolute atomic E-state index is 0.170. The number of carbonyl (C=O) groups is 1. The van der Waals surface area contributed by atoms with E-state index in [1.165, 1.54) is 39.8 Å². The zero-order valence-corrected chi connectivity index (χ0v) is 14.3. The Morgan fingerprint density at radius 1 is 1.43 bits per heavy atom. The normalized spacial score (nSPS) is 15.2. The Kier molecular flexibility index (Phi) is 4.47. The molecule has 0 saturated carbocycles. The van der Waals surface area contributed by atoms with Gasteiger partial charge in [-0.1, -0.05) is 35.6 Å². The molecule has 1 amide bonds. The maximum absolute atomic E-state index is 13.0. The van der Waals surface area contributed by atoms with Crippen LogP contribution in [0.15, 0.2) is 29.4 Å². The third kappa shape index (κ3) is 3.15. The van der Waals surface area contributed by atoms with Crippen molar-refractivity contribution in [3.05, 3.63) is 46.5 Å². The first-order chi connectivity index (χ1) is 11.0. The summed E-state index contributed by atoms with van der Waals surface area (Å²) in [7, 11) is 0. The summed E-state index contributed by atoms with van der Waals surface area (Å²) >= 11 is 12.7. The van der Waals surface area contributed by atoms with Crippen molar-refractivity contribution < 1.29 is 9.18 Å². The number of benzene rings is 1. The Hall–Kier alpha value is -1.77. The molecule has 2 heterocycles. The van der Waals surface area contributed by atoms with Gasteiger partial charge in [-0.3, -0.25) is 4.79 Å². The third-order valence-electron chi connectivity index (χ3n) is 3.15. The fourth-order valence-electron chi connectivity index (χ4n) is 1.99. The smallest absolute Gasteiger partial charge is 0.259 e. The van der Waals surface area contributed by atoms with Crippen LogP contribution >= 0.6 is 35.6 Å². The molecule has 1 aliphatic heterocycles.